The molecular formula is C17H22N4O. The van der Waals surface area contributed by atoms with Crippen molar-refractivity contribution in [1.82, 2.24) is 10.2 Å². The van der Waals surface area contributed by atoms with Gasteiger partial charge in [0, 0.05) is 12.1 Å². The van der Waals surface area contributed by atoms with Gasteiger partial charge in [-0.2, -0.15) is 0 Å². The molecule has 1 amide bonds. The third kappa shape index (κ3) is 4.55. The molecule has 116 valence electrons. The van der Waals surface area contributed by atoms with E-state index in [1.807, 2.05) is 6.07 Å². The zero-order valence-electron chi connectivity index (χ0n) is 13.3. The average molecular weight is 298 g/mol. The lowest BCUT2D eigenvalue weighted by molar-refractivity contribution is -0.116. The Balaban J connectivity index is 1.96. The van der Waals surface area contributed by atoms with Crippen LogP contribution < -0.4 is 10.6 Å². The van der Waals surface area contributed by atoms with E-state index in [9.17, 15) is 4.79 Å². The quantitative estimate of drug-likeness (QED) is 0.847. The zero-order chi connectivity index (χ0) is 15.9. The van der Waals surface area contributed by atoms with Gasteiger partial charge in [0.25, 0.3) is 0 Å². The normalized spacial score (nSPS) is 10.3. The van der Waals surface area contributed by atoms with E-state index in [1.54, 1.807) is 12.1 Å². The highest BCUT2D eigenvalue weighted by molar-refractivity contribution is 5.89. The van der Waals surface area contributed by atoms with Crippen molar-refractivity contribution in [3.8, 4) is 0 Å². The second kappa shape index (κ2) is 7.54. The molecule has 0 aliphatic heterocycles. The number of amides is 1. The van der Waals surface area contributed by atoms with Crippen LogP contribution in [0.15, 0.2) is 30.3 Å². The number of benzene rings is 1. The van der Waals surface area contributed by atoms with E-state index in [2.05, 4.69) is 53.7 Å². The molecule has 0 saturated carbocycles. The molecule has 5 heteroatoms. The molecule has 0 saturated heterocycles. The van der Waals surface area contributed by atoms with Crippen LogP contribution in [0.1, 0.15) is 37.3 Å². The van der Waals surface area contributed by atoms with Crippen molar-refractivity contribution in [3.63, 3.8) is 0 Å². The van der Waals surface area contributed by atoms with Crippen molar-refractivity contribution in [1.29, 1.82) is 0 Å². The summed E-state index contributed by atoms with van der Waals surface area (Å²) in [5, 5.41) is 14.0. The van der Waals surface area contributed by atoms with Crippen molar-refractivity contribution < 1.29 is 4.79 Å². The van der Waals surface area contributed by atoms with Crippen LogP contribution in [0.25, 0.3) is 0 Å². The van der Waals surface area contributed by atoms with Crippen LogP contribution in [-0.4, -0.2) is 16.1 Å². The van der Waals surface area contributed by atoms with E-state index in [1.165, 1.54) is 11.1 Å². The lowest BCUT2D eigenvalue weighted by Crippen LogP contribution is -2.12. The number of nitrogens with one attached hydrogen (secondary N) is 2. The topological polar surface area (TPSA) is 66.9 Å². The first-order chi connectivity index (χ1) is 10.6. The number of nitrogens with zero attached hydrogens (tertiary/aromatic N) is 2. The molecule has 0 radical (unpaired) electrons. The van der Waals surface area contributed by atoms with E-state index in [-0.39, 0.29) is 5.91 Å². The summed E-state index contributed by atoms with van der Waals surface area (Å²) in [7, 11) is 0. The molecule has 1 heterocycles. The Morgan fingerprint density at radius 2 is 1.77 bits per heavy atom. The molecule has 2 aromatic rings. The van der Waals surface area contributed by atoms with Crippen LogP contribution in [0, 0.1) is 13.8 Å². The Hall–Kier alpha value is -2.43. The van der Waals surface area contributed by atoms with Gasteiger partial charge in [-0.1, -0.05) is 19.4 Å². The number of carbonyl (C=O) groups is 1. The number of carbonyl (C=O) groups excluding carboxylic acids is 1. The maximum absolute atomic E-state index is 11.6. The molecule has 0 unspecified atom stereocenters. The number of unbranched alkanes of at least 4 members (excludes halogenated alkanes) is 1. The molecule has 0 atom stereocenters. The fourth-order valence-electron chi connectivity index (χ4n) is 1.98. The first-order valence-electron chi connectivity index (χ1n) is 7.56. The molecule has 0 aliphatic carbocycles. The van der Waals surface area contributed by atoms with Gasteiger partial charge in [-0.15, -0.1) is 10.2 Å². The molecule has 2 rings (SSSR count). The maximum Gasteiger partial charge on any atom is 0.225 e. The van der Waals surface area contributed by atoms with E-state index >= 15 is 0 Å². The molecule has 1 aromatic heterocycles. The minimum absolute atomic E-state index is 0.0222. The first-order valence-corrected chi connectivity index (χ1v) is 7.56. The molecule has 0 bridgehead atoms. The van der Waals surface area contributed by atoms with Gasteiger partial charge in [-0.3, -0.25) is 4.79 Å². The monoisotopic (exact) mass is 298 g/mol. The second-order valence-electron chi connectivity index (χ2n) is 5.38. The van der Waals surface area contributed by atoms with Crippen molar-refractivity contribution in [2.24, 2.45) is 0 Å². The molecule has 22 heavy (non-hydrogen) atoms. The molecule has 2 N–H and O–H groups in total. The molecule has 0 fully saturated rings. The molecule has 1 aromatic carbocycles. The van der Waals surface area contributed by atoms with Crippen LogP contribution >= 0.6 is 0 Å². The van der Waals surface area contributed by atoms with Crippen LogP contribution in [0.2, 0.25) is 0 Å². The highest BCUT2D eigenvalue weighted by atomic mass is 16.1. The summed E-state index contributed by atoms with van der Waals surface area (Å²) < 4.78 is 0. The SMILES string of the molecule is CCCCC(=O)Nc1ccc(Nc2ccc(C)c(C)c2)nn1. The van der Waals surface area contributed by atoms with Crippen LogP contribution in [0.4, 0.5) is 17.3 Å². The smallest absolute Gasteiger partial charge is 0.225 e. The third-order valence-electron chi connectivity index (χ3n) is 3.47. The molecule has 5 nitrogen and oxygen atoms in total. The predicted molar refractivity (Wildman–Crippen MR) is 89.4 cm³/mol. The van der Waals surface area contributed by atoms with Crippen LogP contribution in [0.3, 0.4) is 0 Å². The lowest BCUT2D eigenvalue weighted by Gasteiger charge is -2.08. The van der Waals surface area contributed by atoms with E-state index in [0.717, 1.165) is 18.5 Å². The van der Waals surface area contributed by atoms with Crippen LogP contribution in [-0.2, 0) is 4.79 Å². The first kappa shape index (κ1) is 15.9. The fourth-order valence-corrected chi connectivity index (χ4v) is 1.98. The van der Waals surface area contributed by atoms with E-state index in [0.29, 0.717) is 18.1 Å². The Kier molecular flexibility index (Phi) is 5.47. The Labute approximate surface area is 131 Å². The van der Waals surface area contributed by atoms with Gasteiger partial charge in [-0.25, -0.2) is 0 Å². The van der Waals surface area contributed by atoms with Crippen molar-refractivity contribution in [2.45, 2.75) is 40.0 Å². The van der Waals surface area contributed by atoms with Crippen molar-refractivity contribution in [3.05, 3.63) is 41.5 Å². The number of hydrogen-bond acceptors (Lipinski definition) is 4. The summed E-state index contributed by atoms with van der Waals surface area (Å²) in [6.07, 6.45) is 2.39. The number of aromatic nitrogens is 2. The number of aryl methyl sites for hydroxylation is 2. The third-order valence-corrected chi connectivity index (χ3v) is 3.47. The lowest BCUT2D eigenvalue weighted by atomic mass is 10.1. The largest absolute Gasteiger partial charge is 0.339 e. The second-order valence-corrected chi connectivity index (χ2v) is 5.38. The summed E-state index contributed by atoms with van der Waals surface area (Å²) in [6, 6.07) is 9.69. The highest BCUT2D eigenvalue weighted by Gasteiger charge is 2.04. The van der Waals surface area contributed by atoms with Gasteiger partial charge >= 0.3 is 0 Å². The van der Waals surface area contributed by atoms with Gasteiger partial charge in [0.05, 0.1) is 0 Å². The van der Waals surface area contributed by atoms with Crippen molar-refractivity contribution >= 4 is 23.2 Å². The van der Waals surface area contributed by atoms with E-state index < -0.39 is 0 Å². The zero-order valence-corrected chi connectivity index (χ0v) is 13.3. The molecular weight excluding hydrogens is 276 g/mol. The number of rotatable bonds is 6. The van der Waals surface area contributed by atoms with Crippen molar-refractivity contribution in [2.75, 3.05) is 10.6 Å². The Morgan fingerprint density at radius 1 is 1.05 bits per heavy atom. The minimum atomic E-state index is -0.0222. The summed E-state index contributed by atoms with van der Waals surface area (Å²) in [4.78, 5) is 11.6. The van der Waals surface area contributed by atoms with Gasteiger partial charge < -0.3 is 10.6 Å². The standard InChI is InChI=1S/C17H22N4O/c1-4-5-6-17(22)19-16-10-9-15(20-21-16)18-14-8-7-12(2)13(3)11-14/h7-11H,4-6H2,1-3H3,(H,18,20)(H,19,21,22). The minimum Gasteiger partial charge on any atom is -0.339 e. The summed E-state index contributed by atoms with van der Waals surface area (Å²) in [5.41, 5.74) is 3.44. The Bertz CT molecular complexity index is 638. The fraction of sp³-hybridized carbons (Fsp3) is 0.353. The molecule has 0 spiro atoms. The van der Waals surface area contributed by atoms with Gasteiger partial charge in [0.2, 0.25) is 5.91 Å². The molecule has 0 aliphatic rings. The van der Waals surface area contributed by atoms with Gasteiger partial charge in [-0.05, 0) is 55.7 Å². The van der Waals surface area contributed by atoms with Crippen LogP contribution in [0.5, 0.6) is 0 Å². The average Bonchev–Trinajstić information content (AvgIpc) is 2.51. The highest BCUT2D eigenvalue weighted by Crippen LogP contribution is 2.18. The summed E-state index contributed by atoms with van der Waals surface area (Å²) in [6.45, 7) is 6.20. The maximum atomic E-state index is 11.6. The predicted octanol–water partition coefficient (Wildman–Crippen LogP) is 3.97. The summed E-state index contributed by atoms with van der Waals surface area (Å²) in [5.74, 6) is 1.10. The Morgan fingerprint density at radius 3 is 2.41 bits per heavy atom. The number of hydrogen-bond donors (Lipinski definition) is 2. The van der Waals surface area contributed by atoms with E-state index in [4.69, 9.17) is 0 Å². The number of anilines is 3. The van der Waals surface area contributed by atoms with Gasteiger partial charge in [0.1, 0.15) is 0 Å². The summed E-state index contributed by atoms with van der Waals surface area (Å²) >= 11 is 0. The van der Waals surface area contributed by atoms with Gasteiger partial charge in [0.15, 0.2) is 11.6 Å².